The van der Waals surface area contributed by atoms with E-state index < -0.39 is 0 Å². The number of hydrogen-bond acceptors (Lipinski definition) is 1. The van der Waals surface area contributed by atoms with Gasteiger partial charge < -0.3 is 4.74 Å². The fraction of sp³-hybridized carbons (Fsp3) is 0.333. The van der Waals surface area contributed by atoms with E-state index in [9.17, 15) is 0 Å². The van der Waals surface area contributed by atoms with Crippen molar-refractivity contribution in [3.8, 4) is 5.75 Å². The standard InChI is InChI=1S/C15H20O/c1-11(2)6-7-12(3)14-8-9-15(16-5)13(4)10-14/h8-10H,1,3,6-7H2,2,4-5H3. The van der Waals surface area contributed by atoms with Gasteiger partial charge in [0.05, 0.1) is 7.11 Å². The van der Waals surface area contributed by atoms with E-state index in [0.29, 0.717) is 0 Å². The van der Waals surface area contributed by atoms with E-state index in [1.165, 1.54) is 11.1 Å². The van der Waals surface area contributed by atoms with Crippen molar-refractivity contribution in [2.45, 2.75) is 26.7 Å². The first-order chi connectivity index (χ1) is 7.54. The highest BCUT2D eigenvalue weighted by atomic mass is 16.5. The summed E-state index contributed by atoms with van der Waals surface area (Å²) in [5.74, 6) is 0.927. The molecular formula is C15H20O. The van der Waals surface area contributed by atoms with Crippen molar-refractivity contribution in [3.05, 3.63) is 48.1 Å². The first kappa shape index (κ1) is 12.6. The Hall–Kier alpha value is -1.50. The van der Waals surface area contributed by atoms with E-state index >= 15 is 0 Å². The smallest absolute Gasteiger partial charge is 0.121 e. The Morgan fingerprint density at radius 3 is 2.44 bits per heavy atom. The zero-order chi connectivity index (χ0) is 12.1. The van der Waals surface area contributed by atoms with E-state index in [-0.39, 0.29) is 0 Å². The monoisotopic (exact) mass is 216 g/mol. The number of aryl methyl sites for hydroxylation is 1. The summed E-state index contributed by atoms with van der Waals surface area (Å²) in [6.07, 6.45) is 1.98. The second kappa shape index (κ2) is 5.55. The van der Waals surface area contributed by atoms with E-state index in [1.807, 2.05) is 19.9 Å². The predicted octanol–water partition coefficient (Wildman–Crippen LogP) is 4.37. The number of allylic oxidation sites excluding steroid dienone is 2. The molecule has 0 aliphatic carbocycles. The van der Waals surface area contributed by atoms with Gasteiger partial charge in [0.25, 0.3) is 0 Å². The third-order valence-electron chi connectivity index (χ3n) is 2.66. The highest BCUT2D eigenvalue weighted by Crippen LogP contribution is 2.25. The van der Waals surface area contributed by atoms with Gasteiger partial charge in [-0.25, -0.2) is 0 Å². The number of hydrogen-bond donors (Lipinski definition) is 0. The maximum atomic E-state index is 5.23. The first-order valence-electron chi connectivity index (χ1n) is 5.51. The second-order valence-corrected chi connectivity index (χ2v) is 4.25. The van der Waals surface area contributed by atoms with Gasteiger partial charge in [0.15, 0.2) is 0 Å². The largest absolute Gasteiger partial charge is 0.496 e. The molecule has 0 fully saturated rings. The molecule has 1 aromatic rings. The quantitative estimate of drug-likeness (QED) is 0.664. The molecule has 0 spiro atoms. The maximum Gasteiger partial charge on any atom is 0.121 e. The van der Waals surface area contributed by atoms with Crippen molar-refractivity contribution in [2.24, 2.45) is 0 Å². The topological polar surface area (TPSA) is 9.23 Å². The highest BCUT2D eigenvalue weighted by Gasteiger charge is 2.03. The van der Waals surface area contributed by atoms with Crippen molar-refractivity contribution in [2.75, 3.05) is 7.11 Å². The minimum Gasteiger partial charge on any atom is -0.496 e. The van der Waals surface area contributed by atoms with Gasteiger partial charge >= 0.3 is 0 Å². The molecule has 1 heteroatoms. The van der Waals surface area contributed by atoms with Crippen LogP contribution in [0.2, 0.25) is 0 Å². The zero-order valence-corrected chi connectivity index (χ0v) is 10.5. The average Bonchev–Trinajstić information content (AvgIpc) is 2.25. The summed E-state index contributed by atoms with van der Waals surface area (Å²) in [4.78, 5) is 0. The van der Waals surface area contributed by atoms with Crippen LogP contribution in [0, 0.1) is 6.92 Å². The van der Waals surface area contributed by atoms with Crippen molar-refractivity contribution in [3.63, 3.8) is 0 Å². The maximum absolute atomic E-state index is 5.23. The average molecular weight is 216 g/mol. The van der Waals surface area contributed by atoms with Gasteiger partial charge in [-0.3, -0.25) is 0 Å². The predicted molar refractivity (Wildman–Crippen MR) is 70.8 cm³/mol. The molecule has 0 bridgehead atoms. The van der Waals surface area contributed by atoms with E-state index in [0.717, 1.165) is 29.7 Å². The number of benzene rings is 1. The molecule has 0 aliphatic rings. The SMILES string of the molecule is C=C(C)CCC(=C)c1ccc(OC)c(C)c1. The van der Waals surface area contributed by atoms with E-state index in [2.05, 4.69) is 25.3 Å². The highest BCUT2D eigenvalue weighted by molar-refractivity contribution is 5.65. The number of ether oxygens (including phenoxy) is 1. The lowest BCUT2D eigenvalue weighted by molar-refractivity contribution is 0.411. The molecule has 16 heavy (non-hydrogen) atoms. The van der Waals surface area contributed by atoms with Crippen LogP contribution in [0.5, 0.6) is 5.75 Å². The molecule has 0 amide bonds. The summed E-state index contributed by atoms with van der Waals surface area (Å²) in [5, 5.41) is 0. The number of methoxy groups -OCH3 is 1. The fourth-order valence-corrected chi connectivity index (χ4v) is 1.61. The van der Waals surface area contributed by atoms with Crippen LogP contribution in [0.25, 0.3) is 5.57 Å². The van der Waals surface area contributed by atoms with Gasteiger partial charge in [-0.2, -0.15) is 0 Å². The second-order valence-electron chi connectivity index (χ2n) is 4.25. The lowest BCUT2D eigenvalue weighted by Gasteiger charge is -2.09. The molecule has 0 N–H and O–H groups in total. The van der Waals surface area contributed by atoms with Crippen molar-refractivity contribution in [1.82, 2.24) is 0 Å². The summed E-state index contributed by atoms with van der Waals surface area (Å²) in [6.45, 7) is 12.1. The summed E-state index contributed by atoms with van der Waals surface area (Å²) in [6, 6.07) is 6.18. The van der Waals surface area contributed by atoms with Crippen molar-refractivity contribution < 1.29 is 4.74 Å². The third kappa shape index (κ3) is 3.27. The molecule has 0 unspecified atom stereocenters. The summed E-state index contributed by atoms with van der Waals surface area (Å²) in [5.41, 5.74) is 4.70. The van der Waals surface area contributed by atoms with Crippen LogP contribution < -0.4 is 4.74 Å². The molecule has 1 aromatic carbocycles. The van der Waals surface area contributed by atoms with Crippen LogP contribution in [-0.2, 0) is 0 Å². The Labute approximate surface area is 98.5 Å². The van der Waals surface area contributed by atoms with Crippen LogP contribution in [0.3, 0.4) is 0 Å². The molecule has 86 valence electrons. The first-order valence-corrected chi connectivity index (χ1v) is 5.51. The van der Waals surface area contributed by atoms with Gasteiger partial charge in [0, 0.05) is 0 Å². The Morgan fingerprint density at radius 2 is 1.94 bits per heavy atom. The van der Waals surface area contributed by atoms with Gasteiger partial charge in [-0.15, -0.1) is 6.58 Å². The van der Waals surface area contributed by atoms with Gasteiger partial charge in [0.1, 0.15) is 5.75 Å². The lowest BCUT2D eigenvalue weighted by Crippen LogP contribution is -1.90. The van der Waals surface area contributed by atoms with Crippen LogP contribution in [0.15, 0.2) is 36.9 Å². The number of rotatable bonds is 5. The summed E-state index contributed by atoms with van der Waals surface area (Å²) >= 11 is 0. The zero-order valence-electron chi connectivity index (χ0n) is 10.5. The molecule has 1 rings (SSSR count). The van der Waals surface area contributed by atoms with Crippen LogP contribution in [0.4, 0.5) is 0 Å². The molecule has 1 nitrogen and oxygen atoms in total. The summed E-state index contributed by atoms with van der Waals surface area (Å²) in [7, 11) is 1.69. The molecule has 0 heterocycles. The van der Waals surface area contributed by atoms with Gasteiger partial charge in [-0.1, -0.05) is 18.2 Å². The molecule has 0 saturated heterocycles. The van der Waals surface area contributed by atoms with Gasteiger partial charge in [0.2, 0.25) is 0 Å². The molecule has 0 atom stereocenters. The van der Waals surface area contributed by atoms with E-state index in [1.54, 1.807) is 7.11 Å². The molecular weight excluding hydrogens is 196 g/mol. The van der Waals surface area contributed by atoms with Crippen LogP contribution >= 0.6 is 0 Å². The fourth-order valence-electron chi connectivity index (χ4n) is 1.61. The van der Waals surface area contributed by atoms with Crippen LogP contribution in [-0.4, -0.2) is 7.11 Å². The molecule has 0 aromatic heterocycles. The minimum absolute atomic E-state index is 0.927. The van der Waals surface area contributed by atoms with E-state index in [4.69, 9.17) is 4.74 Å². The molecule has 0 saturated carbocycles. The lowest BCUT2D eigenvalue weighted by atomic mass is 9.99. The Kier molecular flexibility index (Phi) is 4.36. The Morgan fingerprint density at radius 1 is 1.25 bits per heavy atom. The third-order valence-corrected chi connectivity index (χ3v) is 2.66. The molecule has 0 aliphatic heterocycles. The normalized spacial score (nSPS) is 9.94. The Balaban J connectivity index is 2.77. The van der Waals surface area contributed by atoms with Crippen molar-refractivity contribution in [1.29, 1.82) is 0 Å². The Bertz CT molecular complexity index is 402. The molecule has 0 radical (unpaired) electrons. The van der Waals surface area contributed by atoms with Gasteiger partial charge in [-0.05, 0) is 55.5 Å². The summed E-state index contributed by atoms with van der Waals surface area (Å²) < 4.78 is 5.23. The van der Waals surface area contributed by atoms with Crippen molar-refractivity contribution >= 4 is 5.57 Å². The minimum atomic E-state index is 0.927. The van der Waals surface area contributed by atoms with Crippen LogP contribution in [0.1, 0.15) is 30.9 Å².